The zero-order chi connectivity index (χ0) is 9.47. The third-order valence-electron chi connectivity index (χ3n) is 3.62. The average molecular weight is 183 g/mol. The molecule has 0 spiro atoms. The fourth-order valence-electron chi connectivity index (χ4n) is 2.02. The molecule has 1 saturated carbocycles. The average Bonchev–Trinajstić information content (AvgIpc) is 2.78. The second-order valence-electron chi connectivity index (χ2n) is 5.20. The first kappa shape index (κ1) is 9.47. The molecule has 1 N–H and O–H groups in total. The van der Waals surface area contributed by atoms with Crippen molar-refractivity contribution < 1.29 is 5.11 Å². The van der Waals surface area contributed by atoms with Gasteiger partial charge in [0.1, 0.15) is 0 Å². The van der Waals surface area contributed by atoms with E-state index in [1.807, 2.05) is 0 Å². The Hall–Kier alpha value is -0.0800. The zero-order valence-corrected chi connectivity index (χ0v) is 8.79. The Bertz CT molecular complexity index is 181. The summed E-state index contributed by atoms with van der Waals surface area (Å²) in [5.74, 6) is 1.43. The number of likely N-dealkylation sites (tertiary alicyclic amines) is 1. The second-order valence-corrected chi connectivity index (χ2v) is 5.20. The van der Waals surface area contributed by atoms with Crippen molar-refractivity contribution in [2.45, 2.75) is 38.7 Å². The molecule has 0 unspecified atom stereocenters. The summed E-state index contributed by atoms with van der Waals surface area (Å²) in [6.07, 6.45) is 4.25. The van der Waals surface area contributed by atoms with Gasteiger partial charge in [-0.15, -0.1) is 0 Å². The third kappa shape index (κ3) is 2.05. The van der Waals surface area contributed by atoms with E-state index in [-0.39, 0.29) is 5.60 Å². The van der Waals surface area contributed by atoms with Crippen molar-refractivity contribution in [1.29, 1.82) is 0 Å². The van der Waals surface area contributed by atoms with Crippen LogP contribution in [-0.2, 0) is 0 Å². The van der Waals surface area contributed by atoms with Crippen molar-refractivity contribution in [3.05, 3.63) is 0 Å². The van der Waals surface area contributed by atoms with Gasteiger partial charge in [-0.25, -0.2) is 0 Å². The van der Waals surface area contributed by atoms with Crippen molar-refractivity contribution in [3.63, 3.8) is 0 Å². The van der Waals surface area contributed by atoms with E-state index < -0.39 is 0 Å². The number of aliphatic hydroxyl groups is 1. The second kappa shape index (κ2) is 3.25. The van der Waals surface area contributed by atoms with Gasteiger partial charge in [0.2, 0.25) is 0 Å². The topological polar surface area (TPSA) is 23.5 Å². The van der Waals surface area contributed by atoms with Crippen LogP contribution in [0.3, 0.4) is 0 Å². The minimum Gasteiger partial charge on any atom is -0.387 e. The Morgan fingerprint density at radius 1 is 1.38 bits per heavy atom. The van der Waals surface area contributed by atoms with Crippen LogP contribution in [0.2, 0.25) is 0 Å². The monoisotopic (exact) mass is 183 g/mol. The fourth-order valence-corrected chi connectivity index (χ4v) is 2.02. The minimum absolute atomic E-state index is 0.371. The molecular formula is C11H21NO. The van der Waals surface area contributed by atoms with Crippen LogP contribution in [0.25, 0.3) is 0 Å². The van der Waals surface area contributed by atoms with Gasteiger partial charge < -0.3 is 5.11 Å². The summed E-state index contributed by atoms with van der Waals surface area (Å²) in [6, 6.07) is 0. The predicted octanol–water partition coefficient (Wildman–Crippen LogP) is 1.49. The largest absolute Gasteiger partial charge is 0.387 e. The maximum Gasteiger partial charge on any atom is 0.0922 e. The number of hydrogen-bond acceptors (Lipinski definition) is 2. The van der Waals surface area contributed by atoms with Gasteiger partial charge in [0, 0.05) is 13.1 Å². The van der Waals surface area contributed by atoms with Crippen molar-refractivity contribution in [2.75, 3.05) is 19.6 Å². The van der Waals surface area contributed by atoms with Crippen molar-refractivity contribution in [1.82, 2.24) is 4.90 Å². The van der Waals surface area contributed by atoms with Gasteiger partial charge in [0.15, 0.2) is 0 Å². The van der Waals surface area contributed by atoms with Crippen molar-refractivity contribution >= 4 is 0 Å². The Morgan fingerprint density at radius 3 is 2.46 bits per heavy atom. The van der Waals surface area contributed by atoms with Crippen molar-refractivity contribution in [2.24, 2.45) is 11.8 Å². The van der Waals surface area contributed by atoms with Crippen LogP contribution in [0.5, 0.6) is 0 Å². The van der Waals surface area contributed by atoms with E-state index in [1.54, 1.807) is 0 Å². The van der Waals surface area contributed by atoms with E-state index in [0.717, 1.165) is 19.0 Å². The number of rotatable bonds is 4. The highest BCUT2D eigenvalue weighted by Gasteiger charge is 2.43. The Kier molecular flexibility index (Phi) is 2.37. The lowest BCUT2D eigenvalue weighted by atomic mass is 9.83. The first-order valence-electron chi connectivity index (χ1n) is 5.55. The molecule has 2 heteroatoms. The lowest BCUT2D eigenvalue weighted by Gasteiger charge is -2.49. The van der Waals surface area contributed by atoms with Gasteiger partial charge in [-0.3, -0.25) is 4.90 Å². The molecule has 0 aromatic rings. The quantitative estimate of drug-likeness (QED) is 0.714. The van der Waals surface area contributed by atoms with Crippen LogP contribution < -0.4 is 0 Å². The fraction of sp³-hybridized carbons (Fsp3) is 1.00. The molecule has 0 bridgehead atoms. The molecule has 1 aliphatic carbocycles. The smallest absolute Gasteiger partial charge is 0.0922 e. The number of hydrogen-bond donors (Lipinski definition) is 1. The molecule has 76 valence electrons. The highest BCUT2D eigenvalue weighted by atomic mass is 16.3. The van der Waals surface area contributed by atoms with Gasteiger partial charge >= 0.3 is 0 Å². The number of β-amino-alcohol motifs (C(OH)–C–C–N with tert-alkyl or cyclic N) is 1. The van der Waals surface area contributed by atoms with Crippen molar-refractivity contribution in [3.8, 4) is 0 Å². The number of nitrogens with zero attached hydrogens (tertiary/aromatic N) is 1. The molecule has 2 fully saturated rings. The van der Waals surface area contributed by atoms with Gasteiger partial charge in [-0.05, 0) is 24.8 Å². The van der Waals surface area contributed by atoms with Crippen LogP contribution >= 0.6 is 0 Å². The van der Waals surface area contributed by atoms with Gasteiger partial charge in [0.25, 0.3) is 0 Å². The molecule has 1 saturated heterocycles. The van der Waals surface area contributed by atoms with Gasteiger partial charge in [-0.1, -0.05) is 26.7 Å². The van der Waals surface area contributed by atoms with E-state index in [1.165, 1.54) is 25.8 Å². The standard InChI is InChI=1S/C11H21NO/c1-9(2)11(13)7-12(8-11)6-5-10-3-4-10/h9-10,13H,3-8H2,1-2H3. The summed E-state index contributed by atoms with van der Waals surface area (Å²) >= 11 is 0. The molecule has 0 atom stereocenters. The SMILES string of the molecule is CC(C)C1(O)CN(CCC2CC2)C1. The molecule has 1 heterocycles. The highest BCUT2D eigenvalue weighted by Crippen LogP contribution is 2.34. The van der Waals surface area contributed by atoms with E-state index in [0.29, 0.717) is 5.92 Å². The summed E-state index contributed by atoms with van der Waals surface area (Å²) in [4.78, 5) is 2.39. The van der Waals surface area contributed by atoms with Crippen LogP contribution in [-0.4, -0.2) is 35.2 Å². The van der Waals surface area contributed by atoms with Crippen LogP contribution in [0.1, 0.15) is 33.1 Å². The summed E-state index contributed by atoms with van der Waals surface area (Å²) in [7, 11) is 0. The first-order chi connectivity index (χ1) is 6.10. The summed E-state index contributed by atoms with van der Waals surface area (Å²) < 4.78 is 0. The molecule has 13 heavy (non-hydrogen) atoms. The van der Waals surface area contributed by atoms with Crippen LogP contribution in [0, 0.1) is 11.8 Å². The molecule has 1 aliphatic heterocycles. The highest BCUT2D eigenvalue weighted by molar-refractivity contribution is 4.97. The molecule has 0 aromatic heterocycles. The molecular weight excluding hydrogens is 162 g/mol. The van der Waals surface area contributed by atoms with E-state index >= 15 is 0 Å². The molecule has 2 nitrogen and oxygen atoms in total. The maximum absolute atomic E-state index is 10.00. The predicted molar refractivity (Wildman–Crippen MR) is 53.6 cm³/mol. The van der Waals surface area contributed by atoms with E-state index in [2.05, 4.69) is 18.7 Å². The van der Waals surface area contributed by atoms with E-state index in [4.69, 9.17) is 0 Å². The van der Waals surface area contributed by atoms with Crippen LogP contribution in [0.15, 0.2) is 0 Å². The van der Waals surface area contributed by atoms with E-state index in [9.17, 15) is 5.11 Å². The summed E-state index contributed by atoms with van der Waals surface area (Å²) in [6.45, 7) is 7.23. The maximum atomic E-state index is 10.00. The molecule has 2 aliphatic rings. The first-order valence-corrected chi connectivity index (χ1v) is 5.55. The summed E-state index contributed by atoms with van der Waals surface area (Å²) in [5, 5.41) is 10.00. The summed E-state index contributed by atoms with van der Waals surface area (Å²) in [5.41, 5.74) is -0.371. The molecule has 0 radical (unpaired) electrons. The Morgan fingerprint density at radius 2 is 2.00 bits per heavy atom. The normalized spacial score (nSPS) is 27.7. The Balaban J connectivity index is 1.65. The molecule has 0 amide bonds. The van der Waals surface area contributed by atoms with Gasteiger partial charge in [-0.2, -0.15) is 0 Å². The Labute approximate surface area is 80.9 Å². The lowest BCUT2D eigenvalue weighted by Crippen LogP contribution is -2.64. The van der Waals surface area contributed by atoms with Crippen LogP contribution in [0.4, 0.5) is 0 Å². The molecule has 2 rings (SSSR count). The minimum atomic E-state index is -0.371. The van der Waals surface area contributed by atoms with Gasteiger partial charge in [0.05, 0.1) is 5.60 Å². The molecule has 0 aromatic carbocycles. The lowest BCUT2D eigenvalue weighted by molar-refractivity contribution is -0.127. The zero-order valence-electron chi connectivity index (χ0n) is 8.79. The third-order valence-corrected chi connectivity index (χ3v) is 3.62.